The van der Waals surface area contributed by atoms with E-state index in [4.69, 9.17) is 4.74 Å². The molecule has 0 radical (unpaired) electrons. The molecule has 0 N–H and O–H groups in total. The summed E-state index contributed by atoms with van der Waals surface area (Å²) < 4.78 is 7.91. The number of benzene rings is 2. The molecule has 1 aromatic heterocycles. The van der Waals surface area contributed by atoms with Crippen LogP contribution in [-0.2, 0) is 6.42 Å². The van der Waals surface area contributed by atoms with Gasteiger partial charge in [-0.3, -0.25) is 9.69 Å². The Labute approximate surface area is 201 Å². The maximum absolute atomic E-state index is 13.6. The molecule has 2 aliphatic rings. The summed E-state index contributed by atoms with van der Waals surface area (Å²) in [4.78, 5) is 18.4. The molecule has 2 aromatic carbocycles. The highest BCUT2D eigenvalue weighted by Gasteiger charge is 2.26. The van der Waals surface area contributed by atoms with Gasteiger partial charge in [-0.15, -0.1) is 0 Å². The van der Waals surface area contributed by atoms with Crippen molar-refractivity contribution in [2.45, 2.75) is 44.6 Å². The van der Waals surface area contributed by atoms with Crippen molar-refractivity contribution in [1.29, 1.82) is 0 Å². The molecule has 34 heavy (non-hydrogen) atoms. The van der Waals surface area contributed by atoms with Crippen LogP contribution in [0.1, 0.15) is 37.7 Å². The summed E-state index contributed by atoms with van der Waals surface area (Å²) in [5.74, 6) is 0.462. The van der Waals surface area contributed by atoms with Gasteiger partial charge in [-0.25, -0.2) is 0 Å². The highest BCUT2D eigenvalue weighted by molar-refractivity contribution is 5.57. The smallest absolute Gasteiger partial charge is 0.316 e. The van der Waals surface area contributed by atoms with Crippen LogP contribution in [0.5, 0.6) is 5.75 Å². The molecular weight excluding hydrogens is 424 g/mol. The third-order valence-electron chi connectivity index (χ3n) is 7.02. The average Bonchev–Trinajstić information content (AvgIpc) is 2.91. The van der Waals surface area contributed by atoms with Gasteiger partial charge < -0.3 is 9.64 Å². The van der Waals surface area contributed by atoms with Crippen LogP contribution in [0.2, 0.25) is 0 Å². The highest BCUT2D eigenvalue weighted by atomic mass is 16.5. The van der Waals surface area contributed by atoms with Gasteiger partial charge in [0.25, 0.3) is 0 Å². The second-order valence-corrected chi connectivity index (χ2v) is 9.35. The molecule has 5 rings (SSSR count). The normalized spacial score (nSPS) is 17.6. The van der Waals surface area contributed by atoms with Crippen LogP contribution in [0.25, 0.3) is 5.69 Å². The lowest BCUT2D eigenvalue weighted by Crippen LogP contribution is -2.47. The molecule has 0 amide bonds. The minimum absolute atomic E-state index is 0.110. The lowest BCUT2D eigenvalue weighted by Gasteiger charge is -2.37. The van der Waals surface area contributed by atoms with E-state index in [9.17, 15) is 4.79 Å². The Morgan fingerprint density at radius 1 is 0.853 bits per heavy atom. The van der Waals surface area contributed by atoms with Crippen LogP contribution in [0.4, 0.5) is 5.69 Å². The number of hydrogen-bond acceptors (Lipinski definition) is 5. The molecule has 6 heteroatoms. The van der Waals surface area contributed by atoms with Crippen molar-refractivity contribution >= 4 is 5.69 Å². The number of para-hydroxylation sites is 1. The van der Waals surface area contributed by atoms with Crippen LogP contribution in [0, 0.1) is 0 Å². The zero-order chi connectivity index (χ0) is 23.2. The predicted molar refractivity (Wildman–Crippen MR) is 136 cm³/mol. The highest BCUT2D eigenvalue weighted by Crippen LogP contribution is 2.29. The summed E-state index contributed by atoms with van der Waals surface area (Å²) in [6.07, 6.45) is 8.61. The summed E-state index contributed by atoms with van der Waals surface area (Å²) >= 11 is 0. The third-order valence-corrected chi connectivity index (χ3v) is 7.02. The van der Waals surface area contributed by atoms with E-state index >= 15 is 0 Å². The second kappa shape index (κ2) is 10.9. The van der Waals surface area contributed by atoms with Crippen molar-refractivity contribution in [2.75, 3.05) is 37.6 Å². The summed E-state index contributed by atoms with van der Waals surface area (Å²) in [5.41, 5.74) is 2.81. The van der Waals surface area contributed by atoms with Crippen molar-refractivity contribution in [2.24, 2.45) is 0 Å². The van der Waals surface area contributed by atoms with Crippen molar-refractivity contribution in [3.63, 3.8) is 0 Å². The Kier molecular flexibility index (Phi) is 7.25. The third kappa shape index (κ3) is 5.33. The van der Waals surface area contributed by atoms with E-state index in [0.717, 1.165) is 76.2 Å². The number of ether oxygens (including phenoxy) is 1. The zero-order valence-electron chi connectivity index (χ0n) is 19.8. The number of hydrogen-bond donors (Lipinski definition) is 0. The minimum Gasteiger partial charge on any atom is -0.483 e. The van der Waals surface area contributed by atoms with Gasteiger partial charge in [-0.05, 0) is 49.8 Å². The number of rotatable bonds is 7. The van der Waals surface area contributed by atoms with Gasteiger partial charge in [-0.2, -0.15) is 9.78 Å². The Balaban J connectivity index is 1.33. The quantitative estimate of drug-likeness (QED) is 0.528. The van der Waals surface area contributed by atoms with Crippen LogP contribution in [-0.4, -0.2) is 53.5 Å². The number of aromatic nitrogens is 2. The Morgan fingerprint density at radius 3 is 2.24 bits per heavy atom. The first-order valence-corrected chi connectivity index (χ1v) is 12.6. The van der Waals surface area contributed by atoms with Gasteiger partial charge in [0.2, 0.25) is 5.75 Å². The maximum Gasteiger partial charge on any atom is 0.316 e. The van der Waals surface area contributed by atoms with Crippen LogP contribution in [0.15, 0.2) is 71.7 Å². The van der Waals surface area contributed by atoms with Crippen LogP contribution >= 0.6 is 0 Å². The molecule has 0 atom stereocenters. The van der Waals surface area contributed by atoms with E-state index in [1.165, 1.54) is 16.7 Å². The van der Waals surface area contributed by atoms with E-state index < -0.39 is 0 Å². The Bertz CT molecular complexity index is 1100. The first kappa shape index (κ1) is 22.7. The van der Waals surface area contributed by atoms with Gasteiger partial charge >= 0.3 is 5.56 Å². The van der Waals surface area contributed by atoms with E-state index in [0.29, 0.717) is 5.75 Å². The first-order chi connectivity index (χ1) is 16.8. The molecule has 0 spiro atoms. The summed E-state index contributed by atoms with van der Waals surface area (Å²) in [6.45, 7) is 4.73. The fraction of sp³-hybridized carbons (Fsp3) is 0.429. The summed E-state index contributed by atoms with van der Waals surface area (Å²) in [7, 11) is 0. The molecule has 6 nitrogen and oxygen atoms in total. The summed E-state index contributed by atoms with van der Waals surface area (Å²) in [5, 5.41) is 4.54. The monoisotopic (exact) mass is 458 g/mol. The lowest BCUT2D eigenvalue weighted by atomic mass is 9.98. The molecule has 1 saturated carbocycles. The molecule has 0 bridgehead atoms. The molecule has 1 aliphatic heterocycles. The molecular formula is C28H34N4O2. The van der Waals surface area contributed by atoms with Gasteiger partial charge in [0.1, 0.15) is 5.69 Å². The average molecular weight is 459 g/mol. The predicted octanol–water partition coefficient (Wildman–Crippen LogP) is 4.31. The topological polar surface area (TPSA) is 50.6 Å². The fourth-order valence-electron chi connectivity index (χ4n) is 5.01. The number of piperazine rings is 1. The zero-order valence-corrected chi connectivity index (χ0v) is 19.8. The van der Waals surface area contributed by atoms with E-state index in [1.54, 1.807) is 0 Å². The van der Waals surface area contributed by atoms with Crippen LogP contribution < -0.4 is 15.2 Å². The summed E-state index contributed by atoms with van der Waals surface area (Å²) in [6, 6.07) is 20.3. The molecule has 0 unspecified atom stereocenters. The largest absolute Gasteiger partial charge is 0.483 e. The number of nitrogens with zero attached hydrogens (tertiary/aromatic N) is 4. The van der Waals surface area contributed by atoms with E-state index in [-0.39, 0.29) is 11.7 Å². The van der Waals surface area contributed by atoms with Gasteiger partial charge in [0.15, 0.2) is 0 Å². The maximum atomic E-state index is 13.6. The van der Waals surface area contributed by atoms with Gasteiger partial charge in [0, 0.05) is 32.7 Å². The lowest BCUT2D eigenvalue weighted by molar-refractivity contribution is 0.152. The van der Waals surface area contributed by atoms with Crippen LogP contribution in [0.3, 0.4) is 0 Å². The SMILES string of the molecule is O=c1c(OC2CCCCC2)c(N2CCN(CCc3ccccc3)CC2)cnn1-c1ccccc1. The van der Waals surface area contributed by atoms with E-state index in [2.05, 4.69) is 45.2 Å². The fourth-order valence-corrected chi connectivity index (χ4v) is 5.01. The second-order valence-electron chi connectivity index (χ2n) is 9.35. The molecule has 1 aliphatic carbocycles. The van der Waals surface area contributed by atoms with E-state index in [1.807, 2.05) is 36.5 Å². The number of anilines is 1. The standard InChI is InChI=1S/C28H34N4O2/c33-28-27(34-25-14-8-3-9-15-25)26(22-29-32(28)24-12-6-2-7-13-24)31-20-18-30(19-21-31)17-16-23-10-4-1-5-11-23/h1-2,4-7,10-13,22,25H,3,8-9,14-21H2. The molecule has 1 saturated heterocycles. The molecule has 3 aromatic rings. The van der Waals surface area contributed by atoms with Crippen molar-refractivity contribution in [1.82, 2.24) is 14.7 Å². The molecule has 2 fully saturated rings. The van der Waals surface area contributed by atoms with Crippen molar-refractivity contribution < 1.29 is 4.74 Å². The Morgan fingerprint density at radius 2 is 1.53 bits per heavy atom. The van der Waals surface area contributed by atoms with Crippen molar-refractivity contribution in [3.05, 3.63) is 82.8 Å². The van der Waals surface area contributed by atoms with Gasteiger partial charge in [0.05, 0.1) is 18.0 Å². The molecule has 2 heterocycles. The first-order valence-electron chi connectivity index (χ1n) is 12.6. The molecule has 178 valence electrons. The minimum atomic E-state index is -0.166. The Hall–Kier alpha value is -3.12. The van der Waals surface area contributed by atoms with Crippen molar-refractivity contribution in [3.8, 4) is 11.4 Å². The van der Waals surface area contributed by atoms with Gasteiger partial charge in [-0.1, -0.05) is 55.0 Å².